The van der Waals surface area contributed by atoms with E-state index in [1.54, 1.807) is 14.1 Å². The Labute approximate surface area is 165 Å². The first-order chi connectivity index (χ1) is 13.1. The second-order valence-corrected chi connectivity index (χ2v) is 5.56. The highest BCUT2D eigenvalue weighted by molar-refractivity contribution is 5.82. The van der Waals surface area contributed by atoms with Gasteiger partial charge in [0.05, 0.1) is 12.1 Å². The maximum Gasteiger partial charge on any atom is 0.237 e. The minimum absolute atomic E-state index is 0.00331. The van der Waals surface area contributed by atoms with Crippen molar-refractivity contribution in [3.63, 3.8) is 0 Å². The zero-order valence-corrected chi connectivity index (χ0v) is 18.0. The topological polar surface area (TPSA) is 96.2 Å². The molecule has 0 aliphatic carbocycles. The molecule has 1 aromatic rings. The number of nitrogens with two attached hydrogens (primary N) is 1. The molecule has 0 aliphatic heterocycles. The van der Waals surface area contributed by atoms with Gasteiger partial charge >= 0.3 is 0 Å². The van der Waals surface area contributed by atoms with Crippen LogP contribution in [0, 0.1) is 0 Å². The fraction of sp³-hybridized carbons (Fsp3) is 0.619. The zero-order valence-electron chi connectivity index (χ0n) is 18.0. The summed E-state index contributed by atoms with van der Waals surface area (Å²) in [6.07, 6.45) is 2.99. The van der Waals surface area contributed by atoms with Gasteiger partial charge in [0.2, 0.25) is 11.8 Å². The number of carbonyl (C=O) groups is 2. The molecule has 0 saturated heterocycles. The first-order valence-electron chi connectivity index (χ1n) is 10.0. The van der Waals surface area contributed by atoms with Crippen LogP contribution in [-0.4, -0.2) is 44.5 Å². The van der Waals surface area contributed by atoms with Crippen molar-refractivity contribution in [2.75, 3.05) is 20.6 Å². The Hall–Kier alpha value is -1.92. The smallest absolute Gasteiger partial charge is 0.237 e. The van der Waals surface area contributed by atoms with Crippen molar-refractivity contribution < 1.29 is 9.59 Å². The van der Waals surface area contributed by atoms with Crippen molar-refractivity contribution in [3.8, 4) is 0 Å². The van der Waals surface area contributed by atoms with Crippen molar-refractivity contribution in [3.05, 3.63) is 35.9 Å². The highest BCUT2D eigenvalue weighted by Crippen LogP contribution is 2.04. The molecule has 0 fully saturated rings. The van der Waals surface area contributed by atoms with Gasteiger partial charge in [-0.25, -0.2) is 0 Å². The van der Waals surface area contributed by atoms with E-state index in [2.05, 4.69) is 16.0 Å². The standard InChI is InChI=1S/C17H28N4O2.2C2H6/c1-19-14(16(18)22)10-6-7-11-21-17(23)15(20-2)12-13-8-4-3-5-9-13;2*1-2/h3-5,8-9,14-15,19-20H,6-7,10-12H2,1-2H3,(H2,18,22)(H,21,23);2*1-2H3. The number of hydrogen-bond donors (Lipinski definition) is 4. The number of carbonyl (C=O) groups excluding carboxylic acids is 2. The van der Waals surface area contributed by atoms with Crippen molar-refractivity contribution in [1.82, 2.24) is 16.0 Å². The number of rotatable bonds is 11. The first-order valence-corrected chi connectivity index (χ1v) is 10.0. The van der Waals surface area contributed by atoms with E-state index in [1.165, 1.54) is 0 Å². The molecule has 5 N–H and O–H groups in total. The Morgan fingerprint density at radius 2 is 1.48 bits per heavy atom. The number of likely N-dealkylation sites (N-methyl/N-ethyl adjacent to an activating group) is 2. The van der Waals surface area contributed by atoms with E-state index in [9.17, 15) is 9.59 Å². The van der Waals surface area contributed by atoms with Crippen molar-refractivity contribution in [2.24, 2.45) is 5.73 Å². The summed E-state index contributed by atoms with van der Waals surface area (Å²) in [4.78, 5) is 23.3. The molecular weight excluding hydrogens is 340 g/mol. The Bertz CT molecular complexity index is 480. The minimum atomic E-state index is -0.338. The molecule has 1 rings (SSSR count). The lowest BCUT2D eigenvalue weighted by Gasteiger charge is -2.16. The molecule has 27 heavy (non-hydrogen) atoms. The van der Waals surface area contributed by atoms with E-state index in [1.807, 2.05) is 58.0 Å². The molecule has 2 unspecified atom stereocenters. The minimum Gasteiger partial charge on any atom is -0.368 e. The van der Waals surface area contributed by atoms with Crippen LogP contribution in [0.1, 0.15) is 52.5 Å². The number of amides is 2. The van der Waals surface area contributed by atoms with Gasteiger partial charge in [0, 0.05) is 6.54 Å². The van der Waals surface area contributed by atoms with Gasteiger partial charge in [0.1, 0.15) is 0 Å². The average molecular weight is 381 g/mol. The lowest BCUT2D eigenvalue weighted by atomic mass is 10.1. The Morgan fingerprint density at radius 1 is 0.926 bits per heavy atom. The molecule has 0 saturated carbocycles. The van der Waals surface area contributed by atoms with E-state index in [-0.39, 0.29) is 23.9 Å². The lowest BCUT2D eigenvalue weighted by Crippen LogP contribution is -2.44. The fourth-order valence-corrected chi connectivity index (χ4v) is 2.41. The SMILES string of the molecule is CC.CC.CNC(CCCCNC(=O)C(Cc1ccccc1)NC)C(N)=O. The molecule has 0 heterocycles. The third-order valence-corrected chi connectivity index (χ3v) is 3.86. The summed E-state index contributed by atoms with van der Waals surface area (Å²) in [6, 6.07) is 9.39. The fourth-order valence-electron chi connectivity index (χ4n) is 2.41. The summed E-state index contributed by atoms with van der Waals surface area (Å²) < 4.78 is 0. The van der Waals surface area contributed by atoms with Crippen LogP contribution in [0.25, 0.3) is 0 Å². The summed E-state index contributed by atoms with van der Waals surface area (Å²) in [6.45, 7) is 8.60. The first kappa shape index (κ1) is 27.3. The van der Waals surface area contributed by atoms with E-state index in [0.717, 1.165) is 18.4 Å². The predicted octanol–water partition coefficient (Wildman–Crippen LogP) is 2.23. The normalized spacial score (nSPS) is 11.8. The van der Waals surface area contributed by atoms with Crippen LogP contribution in [0.15, 0.2) is 30.3 Å². The van der Waals surface area contributed by atoms with Gasteiger partial charge in [-0.15, -0.1) is 0 Å². The van der Waals surface area contributed by atoms with Crippen LogP contribution < -0.4 is 21.7 Å². The highest BCUT2D eigenvalue weighted by Gasteiger charge is 2.16. The Kier molecular flexibility index (Phi) is 19.1. The van der Waals surface area contributed by atoms with Crippen LogP contribution in [-0.2, 0) is 16.0 Å². The van der Waals surface area contributed by atoms with Gasteiger partial charge in [0.15, 0.2) is 0 Å². The Morgan fingerprint density at radius 3 is 1.96 bits per heavy atom. The second kappa shape index (κ2) is 18.9. The van der Waals surface area contributed by atoms with Gasteiger partial charge in [-0.05, 0) is 45.3 Å². The number of nitrogens with one attached hydrogen (secondary N) is 3. The number of hydrogen-bond acceptors (Lipinski definition) is 4. The van der Waals surface area contributed by atoms with Crippen molar-refractivity contribution in [1.29, 1.82) is 0 Å². The maximum atomic E-state index is 12.2. The predicted molar refractivity (Wildman–Crippen MR) is 115 cm³/mol. The van der Waals surface area contributed by atoms with Crippen molar-refractivity contribution >= 4 is 11.8 Å². The summed E-state index contributed by atoms with van der Waals surface area (Å²) in [5.74, 6) is -0.342. The molecule has 0 spiro atoms. The molecule has 0 aromatic heterocycles. The van der Waals surface area contributed by atoms with E-state index in [0.29, 0.717) is 19.4 Å². The second-order valence-electron chi connectivity index (χ2n) is 5.56. The highest BCUT2D eigenvalue weighted by atomic mass is 16.2. The molecule has 0 bridgehead atoms. The number of primary amides is 1. The van der Waals surface area contributed by atoms with Crippen LogP contribution >= 0.6 is 0 Å². The molecule has 2 atom stereocenters. The summed E-state index contributed by atoms with van der Waals surface area (Å²) in [7, 11) is 3.51. The van der Waals surface area contributed by atoms with Crippen LogP contribution in [0.3, 0.4) is 0 Å². The number of benzene rings is 1. The summed E-state index contributed by atoms with van der Waals surface area (Å²) in [5.41, 5.74) is 6.39. The third kappa shape index (κ3) is 13.0. The van der Waals surface area contributed by atoms with E-state index in [4.69, 9.17) is 5.73 Å². The number of unbranched alkanes of at least 4 members (excludes halogenated alkanes) is 1. The van der Waals surface area contributed by atoms with Crippen molar-refractivity contribution in [2.45, 2.75) is 65.5 Å². The van der Waals surface area contributed by atoms with Crippen LogP contribution in [0.4, 0.5) is 0 Å². The lowest BCUT2D eigenvalue weighted by molar-refractivity contribution is -0.123. The Balaban J connectivity index is 0. The van der Waals surface area contributed by atoms with Gasteiger partial charge in [-0.3, -0.25) is 9.59 Å². The molecule has 156 valence electrons. The van der Waals surface area contributed by atoms with Gasteiger partial charge in [0.25, 0.3) is 0 Å². The van der Waals surface area contributed by atoms with E-state index >= 15 is 0 Å². The van der Waals surface area contributed by atoms with Crippen LogP contribution in [0.5, 0.6) is 0 Å². The average Bonchev–Trinajstić information content (AvgIpc) is 2.72. The summed E-state index contributed by atoms with van der Waals surface area (Å²) >= 11 is 0. The molecule has 2 amide bonds. The molecule has 0 aliphatic rings. The quantitative estimate of drug-likeness (QED) is 0.443. The van der Waals surface area contributed by atoms with Gasteiger partial charge in [-0.2, -0.15) is 0 Å². The van der Waals surface area contributed by atoms with Crippen LogP contribution in [0.2, 0.25) is 0 Å². The largest absolute Gasteiger partial charge is 0.368 e. The zero-order chi connectivity index (χ0) is 21.1. The molecule has 0 radical (unpaired) electrons. The van der Waals surface area contributed by atoms with E-state index < -0.39 is 0 Å². The maximum absolute atomic E-state index is 12.2. The monoisotopic (exact) mass is 380 g/mol. The third-order valence-electron chi connectivity index (χ3n) is 3.86. The van der Waals surface area contributed by atoms with Gasteiger partial charge in [-0.1, -0.05) is 58.0 Å². The molecule has 6 nitrogen and oxygen atoms in total. The molecular formula is C21H40N4O2. The van der Waals surface area contributed by atoms with Gasteiger partial charge < -0.3 is 21.7 Å². The summed E-state index contributed by atoms with van der Waals surface area (Å²) in [5, 5.41) is 8.87. The molecule has 1 aromatic carbocycles. The molecule has 6 heteroatoms.